The van der Waals surface area contributed by atoms with Gasteiger partial charge in [-0.15, -0.1) is 0 Å². The zero-order valence-electron chi connectivity index (χ0n) is 14.7. The molecule has 1 unspecified atom stereocenters. The van der Waals surface area contributed by atoms with Gasteiger partial charge in [-0.3, -0.25) is 4.90 Å². The summed E-state index contributed by atoms with van der Waals surface area (Å²) in [5.41, 5.74) is 1.18. The second kappa shape index (κ2) is 7.83. The molecule has 3 rings (SSSR count). The molecule has 6 heteroatoms. The number of halogens is 2. The fraction of sp³-hybridized carbons (Fsp3) is 0.350. The van der Waals surface area contributed by atoms with Gasteiger partial charge in [-0.1, -0.05) is 12.1 Å². The van der Waals surface area contributed by atoms with E-state index in [2.05, 4.69) is 4.90 Å². The number of carboxylic acid groups (broad SMARTS) is 1. The van der Waals surface area contributed by atoms with E-state index in [0.717, 1.165) is 19.4 Å². The number of amides is 1. The average molecular weight is 360 g/mol. The van der Waals surface area contributed by atoms with E-state index >= 15 is 0 Å². The van der Waals surface area contributed by atoms with Crippen molar-refractivity contribution in [1.82, 2.24) is 4.90 Å². The summed E-state index contributed by atoms with van der Waals surface area (Å²) in [4.78, 5) is 15.3. The van der Waals surface area contributed by atoms with E-state index in [0.29, 0.717) is 35.8 Å². The fourth-order valence-corrected chi connectivity index (χ4v) is 3.57. The van der Waals surface area contributed by atoms with Gasteiger partial charge in [-0.05, 0) is 68.8 Å². The van der Waals surface area contributed by atoms with Crippen molar-refractivity contribution in [2.24, 2.45) is 0 Å². The Labute approximate surface area is 151 Å². The predicted molar refractivity (Wildman–Crippen MR) is 97.4 cm³/mol. The van der Waals surface area contributed by atoms with Crippen LogP contribution in [0.25, 0.3) is 11.1 Å². The Bertz CT molecular complexity index is 797. The normalized spacial score (nSPS) is 17.4. The minimum Gasteiger partial charge on any atom is -0.465 e. The smallest absolute Gasteiger partial charge is 0.411 e. The number of carbonyl (C=O) groups is 1. The Hall–Kier alpha value is -2.47. The molecule has 2 aromatic carbocycles. The maximum atomic E-state index is 13.8. The summed E-state index contributed by atoms with van der Waals surface area (Å²) in [7, 11) is 2.04. The summed E-state index contributed by atoms with van der Waals surface area (Å²) in [6.07, 6.45) is 1.75. The standard InChI is InChI=1S/C20H22F2N2O2/c1-23-10-3-6-17(23)9-11-24(20(25)26)19-8-7-16(22)13-18(19)14-4-2-5-15(21)12-14/h2,4-5,7-8,12-13,17H,3,6,9-11H2,1H3,(H,25,26). The van der Waals surface area contributed by atoms with E-state index in [1.54, 1.807) is 6.07 Å². The van der Waals surface area contributed by atoms with Gasteiger partial charge in [0, 0.05) is 18.2 Å². The van der Waals surface area contributed by atoms with Crippen LogP contribution in [0.3, 0.4) is 0 Å². The molecule has 1 N–H and O–H groups in total. The maximum Gasteiger partial charge on any atom is 0.411 e. The summed E-state index contributed by atoms with van der Waals surface area (Å²) in [5.74, 6) is -0.943. The zero-order valence-corrected chi connectivity index (χ0v) is 14.7. The van der Waals surface area contributed by atoms with E-state index in [1.165, 1.54) is 41.3 Å². The van der Waals surface area contributed by atoms with Crippen molar-refractivity contribution in [3.8, 4) is 11.1 Å². The summed E-state index contributed by atoms with van der Waals surface area (Å²) >= 11 is 0. The Morgan fingerprint density at radius 3 is 2.65 bits per heavy atom. The van der Waals surface area contributed by atoms with Crippen molar-refractivity contribution >= 4 is 11.8 Å². The summed E-state index contributed by atoms with van der Waals surface area (Å²) in [6.45, 7) is 1.32. The number of anilines is 1. The van der Waals surface area contributed by atoms with Crippen LogP contribution in [0.4, 0.5) is 19.3 Å². The SMILES string of the molecule is CN1CCCC1CCN(C(=O)O)c1ccc(F)cc1-c1cccc(F)c1. The minimum absolute atomic E-state index is 0.304. The van der Waals surface area contributed by atoms with Crippen LogP contribution in [0.15, 0.2) is 42.5 Å². The van der Waals surface area contributed by atoms with Gasteiger partial charge in [0.05, 0.1) is 5.69 Å². The topological polar surface area (TPSA) is 43.8 Å². The Morgan fingerprint density at radius 1 is 1.23 bits per heavy atom. The molecule has 0 bridgehead atoms. The molecule has 1 aliphatic rings. The van der Waals surface area contributed by atoms with Crippen LogP contribution in [0.1, 0.15) is 19.3 Å². The predicted octanol–water partition coefficient (Wildman–Crippen LogP) is 4.60. The molecule has 0 aliphatic carbocycles. The van der Waals surface area contributed by atoms with E-state index in [4.69, 9.17) is 0 Å². The first-order valence-electron chi connectivity index (χ1n) is 8.72. The molecule has 1 atom stereocenters. The van der Waals surface area contributed by atoms with Crippen molar-refractivity contribution in [2.45, 2.75) is 25.3 Å². The van der Waals surface area contributed by atoms with Gasteiger partial charge in [0.2, 0.25) is 0 Å². The van der Waals surface area contributed by atoms with Crippen LogP contribution in [0, 0.1) is 11.6 Å². The third kappa shape index (κ3) is 4.02. The van der Waals surface area contributed by atoms with Gasteiger partial charge < -0.3 is 10.0 Å². The summed E-state index contributed by atoms with van der Waals surface area (Å²) in [6, 6.07) is 10.0. The molecule has 4 nitrogen and oxygen atoms in total. The van der Waals surface area contributed by atoms with Gasteiger partial charge in [-0.25, -0.2) is 13.6 Å². The van der Waals surface area contributed by atoms with Crippen LogP contribution in [-0.2, 0) is 0 Å². The Morgan fingerprint density at radius 2 is 2.00 bits per heavy atom. The number of hydrogen-bond acceptors (Lipinski definition) is 2. The molecule has 1 saturated heterocycles. The van der Waals surface area contributed by atoms with Gasteiger partial charge in [0.25, 0.3) is 0 Å². The van der Waals surface area contributed by atoms with Crippen molar-refractivity contribution in [2.75, 3.05) is 25.0 Å². The number of rotatable bonds is 5. The van der Waals surface area contributed by atoms with Crippen molar-refractivity contribution in [1.29, 1.82) is 0 Å². The molecular weight excluding hydrogens is 338 g/mol. The third-order valence-corrected chi connectivity index (χ3v) is 4.97. The lowest BCUT2D eigenvalue weighted by Crippen LogP contribution is -2.35. The monoisotopic (exact) mass is 360 g/mol. The van der Waals surface area contributed by atoms with E-state index in [1.807, 2.05) is 7.05 Å². The molecule has 2 aromatic rings. The summed E-state index contributed by atoms with van der Waals surface area (Å²) in [5, 5.41) is 9.71. The molecule has 1 aliphatic heterocycles. The van der Waals surface area contributed by atoms with E-state index in [9.17, 15) is 18.7 Å². The fourth-order valence-electron chi connectivity index (χ4n) is 3.57. The number of hydrogen-bond donors (Lipinski definition) is 1. The molecule has 1 heterocycles. The van der Waals surface area contributed by atoms with Crippen LogP contribution < -0.4 is 4.90 Å². The highest BCUT2D eigenvalue weighted by molar-refractivity contribution is 5.92. The Balaban J connectivity index is 1.92. The first-order chi connectivity index (χ1) is 12.5. The number of likely N-dealkylation sites (tertiary alicyclic amines) is 1. The van der Waals surface area contributed by atoms with Crippen LogP contribution in [-0.4, -0.2) is 42.3 Å². The molecule has 1 fully saturated rings. The molecule has 0 aromatic heterocycles. The minimum atomic E-state index is -1.10. The van der Waals surface area contributed by atoms with Crippen LogP contribution in [0.5, 0.6) is 0 Å². The van der Waals surface area contributed by atoms with E-state index < -0.39 is 17.7 Å². The van der Waals surface area contributed by atoms with Gasteiger partial charge in [0.15, 0.2) is 0 Å². The second-order valence-corrected chi connectivity index (χ2v) is 6.67. The van der Waals surface area contributed by atoms with Crippen molar-refractivity contribution in [3.05, 3.63) is 54.1 Å². The third-order valence-electron chi connectivity index (χ3n) is 4.97. The lowest BCUT2D eigenvalue weighted by Gasteiger charge is -2.26. The molecule has 0 radical (unpaired) electrons. The highest BCUT2D eigenvalue weighted by atomic mass is 19.1. The van der Waals surface area contributed by atoms with E-state index in [-0.39, 0.29) is 0 Å². The first kappa shape index (κ1) is 18.3. The average Bonchev–Trinajstić information content (AvgIpc) is 3.01. The number of nitrogens with zero attached hydrogens (tertiary/aromatic N) is 2. The Kier molecular flexibility index (Phi) is 5.52. The van der Waals surface area contributed by atoms with Crippen molar-refractivity contribution < 1.29 is 18.7 Å². The molecule has 138 valence electrons. The van der Waals surface area contributed by atoms with Gasteiger partial charge >= 0.3 is 6.09 Å². The molecule has 0 spiro atoms. The van der Waals surface area contributed by atoms with Crippen LogP contribution in [0.2, 0.25) is 0 Å². The highest BCUT2D eigenvalue weighted by Gasteiger charge is 2.25. The largest absolute Gasteiger partial charge is 0.465 e. The first-order valence-corrected chi connectivity index (χ1v) is 8.72. The second-order valence-electron chi connectivity index (χ2n) is 6.67. The van der Waals surface area contributed by atoms with Crippen molar-refractivity contribution in [3.63, 3.8) is 0 Å². The summed E-state index contributed by atoms with van der Waals surface area (Å²) < 4.78 is 27.4. The van der Waals surface area contributed by atoms with Crippen LogP contribution >= 0.6 is 0 Å². The molecule has 1 amide bonds. The quantitative estimate of drug-likeness (QED) is 0.847. The number of benzene rings is 2. The molecule has 26 heavy (non-hydrogen) atoms. The maximum absolute atomic E-state index is 13.8. The molecule has 0 saturated carbocycles. The molecular formula is C20H22F2N2O2. The lowest BCUT2D eigenvalue weighted by molar-refractivity contribution is 0.200. The van der Waals surface area contributed by atoms with Gasteiger partial charge in [0.1, 0.15) is 11.6 Å². The zero-order chi connectivity index (χ0) is 18.7. The lowest BCUT2D eigenvalue weighted by atomic mass is 10.0. The van der Waals surface area contributed by atoms with Gasteiger partial charge in [-0.2, -0.15) is 0 Å². The highest BCUT2D eigenvalue weighted by Crippen LogP contribution is 2.33.